The number of hydrogen-bond acceptors (Lipinski definition) is 6. The number of nitriles is 1. The molecule has 0 aliphatic rings. The first kappa shape index (κ1) is 19.5. The molecular weight excluding hydrogens is 344 g/mol. The number of nitrogen functional groups attached to an aromatic ring is 1. The van der Waals surface area contributed by atoms with Crippen LogP contribution in [0.2, 0.25) is 0 Å². The molecule has 136 valence electrons. The van der Waals surface area contributed by atoms with Gasteiger partial charge in [0.25, 0.3) is 0 Å². The van der Waals surface area contributed by atoms with Crippen LogP contribution in [-0.4, -0.2) is 17.0 Å². The van der Waals surface area contributed by atoms with Crippen molar-refractivity contribution in [1.29, 1.82) is 5.26 Å². The summed E-state index contributed by atoms with van der Waals surface area (Å²) in [5, 5.41) is 26.3. The average Bonchev–Trinajstić information content (AvgIpc) is 2.98. The molecule has 1 aromatic heterocycles. The fraction of sp³-hybridized carbons (Fsp3) is 0.300. The topological polar surface area (TPSA) is 94.4 Å². The van der Waals surface area contributed by atoms with E-state index in [0.29, 0.717) is 29.4 Å². The lowest BCUT2D eigenvalue weighted by Crippen LogP contribution is -2.16. The number of oxime groups is 1. The largest absolute Gasteiger partial charge is 0.410 e. The zero-order valence-electron chi connectivity index (χ0n) is 15.1. The fourth-order valence-corrected chi connectivity index (χ4v) is 3.73. The van der Waals surface area contributed by atoms with Gasteiger partial charge in [-0.1, -0.05) is 55.4 Å². The molecule has 2 aromatic rings. The van der Waals surface area contributed by atoms with E-state index in [1.165, 1.54) is 11.3 Å². The predicted octanol–water partition coefficient (Wildman–Crippen LogP) is 4.78. The number of anilines is 2. The number of hydrogen-bond donors (Lipinski definition) is 3. The lowest BCUT2D eigenvalue weighted by Gasteiger charge is -2.14. The SMILES string of the molecule is CCC(CC)Nc1sc(C/C=C/C(=N\O)c2ccccc2)c(N)c1C#N. The molecule has 0 radical (unpaired) electrons. The van der Waals surface area contributed by atoms with E-state index in [1.807, 2.05) is 36.4 Å². The van der Waals surface area contributed by atoms with Gasteiger partial charge in [-0.25, -0.2) is 0 Å². The molecule has 0 aliphatic carbocycles. The van der Waals surface area contributed by atoms with Gasteiger partial charge in [-0.3, -0.25) is 0 Å². The summed E-state index contributed by atoms with van der Waals surface area (Å²) in [7, 11) is 0. The van der Waals surface area contributed by atoms with Crippen molar-refractivity contribution in [2.24, 2.45) is 5.16 Å². The Morgan fingerprint density at radius 3 is 2.62 bits per heavy atom. The summed E-state index contributed by atoms with van der Waals surface area (Å²) in [4.78, 5) is 0.927. The second-order valence-electron chi connectivity index (χ2n) is 5.87. The third-order valence-corrected chi connectivity index (χ3v) is 5.37. The van der Waals surface area contributed by atoms with Crippen LogP contribution in [0.15, 0.2) is 47.6 Å². The number of nitrogens with zero attached hydrogens (tertiary/aromatic N) is 2. The number of nitrogens with two attached hydrogens (primary N) is 1. The van der Waals surface area contributed by atoms with Crippen LogP contribution in [0.3, 0.4) is 0 Å². The second-order valence-corrected chi connectivity index (χ2v) is 6.98. The molecular formula is C20H24N4OS. The minimum Gasteiger partial charge on any atom is -0.410 e. The van der Waals surface area contributed by atoms with Gasteiger partial charge >= 0.3 is 0 Å². The standard InChI is InChI=1S/C20H24N4OS/c1-3-15(4-2)23-20-16(13-21)19(22)18(26-20)12-8-11-17(24-25)14-9-6-5-7-10-14/h5-11,15,23,25H,3-4,12,22H2,1-2H3/b11-8+,24-17+. The summed E-state index contributed by atoms with van der Waals surface area (Å²) >= 11 is 1.51. The molecule has 0 saturated heterocycles. The van der Waals surface area contributed by atoms with Crippen molar-refractivity contribution in [1.82, 2.24) is 0 Å². The van der Waals surface area contributed by atoms with E-state index in [0.717, 1.165) is 28.3 Å². The highest BCUT2D eigenvalue weighted by molar-refractivity contribution is 7.17. The second kappa shape index (κ2) is 9.64. The molecule has 0 spiro atoms. The summed E-state index contributed by atoms with van der Waals surface area (Å²) in [6, 6.07) is 12.0. The zero-order valence-corrected chi connectivity index (χ0v) is 15.9. The summed E-state index contributed by atoms with van der Waals surface area (Å²) in [6.07, 6.45) is 6.20. The van der Waals surface area contributed by atoms with Crippen molar-refractivity contribution in [3.05, 3.63) is 58.5 Å². The maximum atomic E-state index is 9.44. The van der Waals surface area contributed by atoms with E-state index < -0.39 is 0 Å². The number of rotatable bonds is 8. The summed E-state index contributed by atoms with van der Waals surface area (Å²) < 4.78 is 0. The Morgan fingerprint density at radius 2 is 2.04 bits per heavy atom. The first-order valence-corrected chi connectivity index (χ1v) is 9.47. The maximum absolute atomic E-state index is 9.44. The van der Waals surface area contributed by atoms with E-state index in [1.54, 1.807) is 6.08 Å². The van der Waals surface area contributed by atoms with E-state index >= 15 is 0 Å². The Bertz CT molecular complexity index is 814. The van der Waals surface area contributed by atoms with Crippen LogP contribution >= 0.6 is 11.3 Å². The first-order chi connectivity index (χ1) is 12.6. The van der Waals surface area contributed by atoms with Crippen LogP contribution in [-0.2, 0) is 6.42 Å². The smallest absolute Gasteiger partial charge is 0.110 e. The molecule has 2 rings (SSSR count). The minimum absolute atomic E-state index is 0.328. The molecule has 0 saturated carbocycles. The third-order valence-electron chi connectivity index (χ3n) is 4.21. The minimum atomic E-state index is 0.328. The fourth-order valence-electron chi connectivity index (χ4n) is 2.61. The summed E-state index contributed by atoms with van der Waals surface area (Å²) in [6.45, 7) is 4.24. The molecule has 0 aliphatic heterocycles. The number of benzene rings is 1. The average molecular weight is 369 g/mol. The Balaban J connectivity index is 2.17. The molecule has 1 aromatic carbocycles. The molecule has 0 fully saturated rings. The number of allylic oxidation sites excluding steroid dienone is 2. The normalized spacial score (nSPS) is 11.8. The van der Waals surface area contributed by atoms with Crippen LogP contribution in [0.5, 0.6) is 0 Å². The maximum Gasteiger partial charge on any atom is 0.110 e. The number of nitrogens with one attached hydrogen (secondary N) is 1. The highest BCUT2D eigenvalue weighted by atomic mass is 32.1. The van der Waals surface area contributed by atoms with Crippen LogP contribution in [0.25, 0.3) is 0 Å². The number of thiophene rings is 1. The van der Waals surface area contributed by atoms with E-state index in [9.17, 15) is 10.5 Å². The van der Waals surface area contributed by atoms with Gasteiger partial charge in [0.1, 0.15) is 22.3 Å². The van der Waals surface area contributed by atoms with Crippen LogP contribution in [0, 0.1) is 11.3 Å². The Hall–Kier alpha value is -2.78. The van der Waals surface area contributed by atoms with E-state index in [4.69, 9.17) is 5.73 Å². The molecule has 0 bridgehead atoms. The first-order valence-electron chi connectivity index (χ1n) is 8.66. The molecule has 26 heavy (non-hydrogen) atoms. The molecule has 0 unspecified atom stereocenters. The van der Waals surface area contributed by atoms with Gasteiger partial charge in [0.15, 0.2) is 0 Å². The predicted molar refractivity (Wildman–Crippen MR) is 109 cm³/mol. The van der Waals surface area contributed by atoms with Crippen LogP contribution in [0.4, 0.5) is 10.7 Å². The summed E-state index contributed by atoms with van der Waals surface area (Å²) in [5.74, 6) is 0. The van der Waals surface area contributed by atoms with Gasteiger partial charge in [0, 0.05) is 22.9 Å². The van der Waals surface area contributed by atoms with Gasteiger partial charge in [-0.2, -0.15) is 5.26 Å². The van der Waals surface area contributed by atoms with E-state index in [-0.39, 0.29) is 0 Å². The van der Waals surface area contributed by atoms with Crippen molar-refractivity contribution in [3.63, 3.8) is 0 Å². The molecule has 5 nitrogen and oxygen atoms in total. The van der Waals surface area contributed by atoms with Gasteiger partial charge in [0.2, 0.25) is 0 Å². The lowest BCUT2D eigenvalue weighted by atomic mass is 10.1. The van der Waals surface area contributed by atoms with Crippen molar-refractivity contribution >= 4 is 27.7 Å². The Labute approximate surface area is 158 Å². The molecule has 0 atom stereocenters. The van der Waals surface area contributed by atoms with Crippen LogP contribution in [0.1, 0.15) is 42.7 Å². The van der Waals surface area contributed by atoms with Gasteiger partial charge in [-0.05, 0) is 18.9 Å². The van der Waals surface area contributed by atoms with Gasteiger partial charge in [0.05, 0.1) is 5.69 Å². The van der Waals surface area contributed by atoms with Crippen molar-refractivity contribution < 1.29 is 5.21 Å². The van der Waals surface area contributed by atoms with Crippen molar-refractivity contribution in [2.75, 3.05) is 11.1 Å². The van der Waals surface area contributed by atoms with Crippen LogP contribution < -0.4 is 11.1 Å². The molecule has 0 amide bonds. The Morgan fingerprint density at radius 1 is 1.35 bits per heavy atom. The third kappa shape index (κ3) is 4.64. The van der Waals surface area contributed by atoms with Crippen molar-refractivity contribution in [2.45, 2.75) is 39.2 Å². The molecule has 1 heterocycles. The lowest BCUT2D eigenvalue weighted by molar-refractivity contribution is 0.320. The summed E-state index contributed by atoms with van der Waals surface area (Å²) in [5.41, 5.74) is 8.53. The molecule has 4 N–H and O–H groups in total. The quantitative estimate of drug-likeness (QED) is 0.355. The van der Waals surface area contributed by atoms with Gasteiger partial charge in [-0.15, -0.1) is 11.3 Å². The highest BCUT2D eigenvalue weighted by Gasteiger charge is 2.17. The Kier molecular flexibility index (Phi) is 7.24. The molecule has 6 heteroatoms. The van der Waals surface area contributed by atoms with Gasteiger partial charge < -0.3 is 16.3 Å². The highest BCUT2D eigenvalue weighted by Crippen LogP contribution is 2.36. The van der Waals surface area contributed by atoms with E-state index in [2.05, 4.69) is 30.4 Å². The van der Waals surface area contributed by atoms with Crippen molar-refractivity contribution in [3.8, 4) is 6.07 Å². The zero-order chi connectivity index (χ0) is 18.9. The monoisotopic (exact) mass is 368 g/mol.